The Kier molecular flexibility index (Phi) is 5.77. The van der Waals surface area contributed by atoms with Crippen molar-refractivity contribution in [2.75, 3.05) is 5.32 Å². The van der Waals surface area contributed by atoms with Crippen molar-refractivity contribution in [3.05, 3.63) is 76.8 Å². The Morgan fingerprint density at radius 2 is 1.78 bits per heavy atom. The highest BCUT2D eigenvalue weighted by molar-refractivity contribution is 6.31. The zero-order valence-corrected chi connectivity index (χ0v) is 15.9. The van der Waals surface area contributed by atoms with E-state index in [4.69, 9.17) is 16.3 Å². The lowest BCUT2D eigenvalue weighted by molar-refractivity contribution is -0.152. The van der Waals surface area contributed by atoms with Crippen molar-refractivity contribution in [3.8, 4) is 0 Å². The monoisotopic (exact) mass is 381 g/mol. The summed E-state index contributed by atoms with van der Waals surface area (Å²) in [5.41, 5.74) is 2.32. The van der Waals surface area contributed by atoms with E-state index in [0.717, 1.165) is 21.9 Å². The standard InChI is InChI=1S/C22H20ClNO3/c1-14-7-10-19(23)13-20(14)24-22(26)15(2)27-21(25)12-16-8-9-17-5-3-4-6-18(17)11-16/h3-11,13,15H,12H2,1-2H3,(H,24,26)/t15-/m0/s1. The number of benzene rings is 3. The van der Waals surface area contributed by atoms with Gasteiger partial charge in [-0.3, -0.25) is 9.59 Å². The van der Waals surface area contributed by atoms with E-state index in [9.17, 15) is 9.59 Å². The molecular formula is C22H20ClNO3. The third-order valence-electron chi connectivity index (χ3n) is 4.30. The molecule has 1 atom stereocenters. The fraction of sp³-hybridized carbons (Fsp3) is 0.182. The molecule has 0 aliphatic rings. The summed E-state index contributed by atoms with van der Waals surface area (Å²) in [5, 5.41) is 5.44. The Hall–Kier alpha value is -2.85. The number of aryl methyl sites for hydroxylation is 1. The van der Waals surface area contributed by atoms with Crippen molar-refractivity contribution in [2.45, 2.75) is 26.4 Å². The Morgan fingerprint density at radius 3 is 2.56 bits per heavy atom. The first kappa shape index (κ1) is 18.9. The largest absolute Gasteiger partial charge is 0.452 e. The van der Waals surface area contributed by atoms with Gasteiger partial charge < -0.3 is 10.1 Å². The minimum atomic E-state index is -0.906. The number of amides is 1. The van der Waals surface area contributed by atoms with E-state index < -0.39 is 18.0 Å². The molecule has 0 aliphatic heterocycles. The average Bonchev–Trinajstić information content (AvgIpc) is 2.64. The van der Waals surface area contributed by atoms with Gasteiger partial charge in [-0.15, -0.1) is 0 Å². The van der Waals surface area contributed by atoms with Gasteiger partial charge in [0.2, 0.25) is 0 Å². The minimum absolute atomic E-state index is 0.110. The quantitative estimate of drug-likeness (QED) is 0.638. The van der Waals surface area contributed by atoms with Gasteiger partial charge in [-0.05, 0) is 47.9 Å². The first-order chi connectivity index (χ1) is 12.9. The Labute approximate surface area is 163 Å². The Morgan fingerprint density at radius 1 is 1.04 bits per heavy atom. The van der Waals surface area contributed by atoms with E-state index in [2.05, 4.69) is 5.32 Å². The van der Waals surface area contributed by atoms with Crippen molar-refractivity contribution < 1.29 is 14.3 Å². The van der Waals surface area contributed by atoms with Gasteiger partial charge in [-0.2, -0.15) is 0 Å². The SMILES string of the molecule is Cc1ccc(Cl)cc1NC(=O)[C@H](C)OC(=O)Cc1ccc2ccccc2c1. The number of hydrogen-bond acceptors (Lipinski definition) is 3. The smallest absolute Gasteiger partial charge is 0.311 e. The molecule has 0 saturated carbocycles. The molecule has 5 heteroatoms. The van der Waals surface area contributed by atoms with E-state index in [1.807, 2.05) is 55.5 Å². The number of ether oxygens (including phenoxy) is 1. The number of anilines is 1. The molecule has 1 amide bonds. The van der Waals surface area contributed by atoms with Crippen LogP contribution in [-0.4, -0.2) is 18.0 Å². The van der Waals surface area contributed by atoms with E-state index >= 15 is 0 Å². The van der Waals surface area contributed by atoms with Crippen LogP contribution in [0.2, 0.25) is 5.02 Å². The van der Waals surface area contributed by atoms with Crippen molar-refractivity contribution in [1.29, 1.82) is 0 Å². The van der Waals surface area contributed by atoms with Crippen LogP contribution >= 0.6 is 11.6 Å². The maximum Gasteiger partial charge on any atom is 0.311 e. The fourth-order valence-corrected chi connectivity index (χ4v) is 2.94. The summed E-state index contributed by atoms with van der Waals surface area (Å²) in [7, 11) is 0. The Balaban J connectivity index is 1.60. The molecule has 3 aromatic carbocycles. The van der Waals surface area contributed by atoms with E-state index in [-0.39, 0.29) is 6.42 Å². The molecule has 4 nitrogen and oxygen atoms in total. The summed E-state index contributed by atoms with van der Waals surface area (Å²) in [6.07, 6.45) is -0.796. The van der Waals surface area contributed by atoms with Gasteiger partial charge in [0.05, 0.1) is 6.42 Å². The molecule has 27 heavy (non-hydrogen) atoms. The second kappa shape index (κ2) is 8.23. The second-order valence-corrected chi connectivity index (χ2v) is 6.88. The summed E-state index contributed by atoms with van der Waals surface area (Å²) >= 11 is 5.96. The normalized spacial score (nSPS) is 11.8. The number of fused-ring (bicyclic) bond motifs is 1. The molecule has 0 saturated heterocycles. The minimum Gasteiger partial charge on any atom is -0.452 e. The molecule has 3 aromatic rings. The molecule has 138 valence electrons. The van der Waals surface area contributed by atoms with Crippen LogP contribution in [0.1, 0.15) is 18.1 Å². The van der Waals surface area contributed by atoms with Gasteiger partial charge >= 0.3 is 5.97 Å². The zero-order valence-electron chi connectivity index (χ0n) is 15.2. The van der Waals surface area contributed by atoms with Crippen LogP contribution in [0.3, 0.4) is 0 Å². The summed E-state index contributed by atoms with van der Waals surface area (Å²) in [5.74, 6) is -0.844. The number of hydrogen-bond donors (Lipinski definition) is 1. The third kappa shape index (κ3) is 4.86. The van der Waals surface area contributed by atoms with Gasteiger partial charge in [0.1, 0.15) is 0 Å². The number of carbonyl (C=O) groups is 2. The molecule has 0 spiro atoms. The van der Waals surface area contributed by atoms with Gasteiger partial charge in [-0.25, -0.2) is 0 Å². The number of rotatable bonds is 5. The fourth-order valence-electron chi connectivity index (χ4n) is 2.77. The summed E-state index contributed by atoms with van der Waals surface area (Å²) in [6, 6.07) is 19.0. The van der Waals surface area contributed by atoms with E-state index in [1.54, 1.807) is 19.1 Å². The van der Waals surface area contributed by atoms with Crippen molar-refractivity contribution >= 4 is 39.9 Å². The highest BCUT2D eigenvalue weighted by atomic mass is 35.5. The maximum atomic E-state index is 12.3. The molecule has 0 aromatic heterocycles. The molecule has 0 radical (unpaired) electrons. The lowest BCUT2D eigenvalue weighted by Gasteiger charge is -2.15. The summed E-state index contributed by atoms with van der Waals surface area (Å²) in [6.45, 7) is 3.41. The van der Waals surface area contributed by atoms with Gasteiger partial charge in [0.15, 0.2) is 6.10 Å². The van der Waals surface area contributed by atoms with Crippen molar-refractivity contribution in [1.82, 2.24) is 0 Å². The number of esters is 1. The average molecular weight is 382 g/mol. The molecule has 3 rings (SSSR count). The van der Waals surface area contributed by atoms with Gasteiger partial charge in [-0.1, -0.05) is 60.1 Å². The molecule has 0 unspecified atom stereocenters. The molecule has 0 fully saturated rings. The van der Waals surface area contributed by atoms with Crippen molar-refractivity contribution in [3.63, 3.8) is 0 Å². The van der Waals surface area contributed by atoms with E-state index in [1.165, 1.54) is 0 Å². The highest BCUT2D eigenvalue weighted by Gasteiger charge is 2.19. The van der Waals surface area contributed by atoms with Crippen LogP contribution < -0.4 is 5.32 Å². The summed E-state index contributed by atoms with van der Waals surface area (Å²) in [4.78, 5) is 24.5. The van der Waals surface area contributed by atoms with Gasteiger partial charge in [0.25, 0.3) is 5.91 Å². The Bertz CT molecular complexity index is 1000. The molecule has 1 N–H and O–H groups in total. The predicted octanol–water partition coefficient (Wildman–Crippen LogP) is 4.91. The van der Waals surface area contributed by atoms with Crippen LogP contribution in [0.5, 0.6) is 0 Å². The van der Waals surface area contributed by atoms with Crippen LogP contribution in [-0.2, 0) is 20.7 Å². The molecular weight excluding hydrogens is 362 g/mol. The molecule has 0 heterocycles. The predicted molar refractivity (Wildman–Crippen MR) is 108 cm³/mol. The van der Waals surface area contributed by atoms with Crippen LogP contribution in [0.4, 0.5) is 5.69 Å². The summed E-state index contributed by atoms with van der Waals surface area (Å²) < 4.78 is 5.29. The third-order valence-corrected chi connectivity index (χ3v) is 4.53. The molecule has 0 bridgehead atoms. The lowest BCUT2D eigenvalue weighted by atomic mass is 10.1. The topological polar surface area (TPSA) is 55.4 Å². The second-order valence-electron chi connectivity index (χ2n) is 6.44. The van der Waals surface area contributed by atoms with Crippen LogP contribution in [0.25, 0.3) is 10.8 Å². The zero-order chi connectivity index (χ0) is 19.4. The first-order valence-corrected chi connectivity index (χ1v) is 9.04. The first-order valence-electron chi connectivity index (χ1n) is 8.66. The van der Waals surface area contributed by atoms with Crippen molar-refractivity contribution in [2.24, 2.45) is 0 Å². The highest BCUT2D eigenvalue weighted by Crippen LogP contribution is 2.21. The lowest BCUT2D eigenvalue weighted by Crippen LogP contribution is -2.30. The van der Waals surface area contributed by atoms with E-state index in [0.29, 0.717) is 10.7 Å². The van der Waals surface area contributed by atoms with Crippen LogP contribution in [0.15, 0.2) is 60.7 Å². The number of carbonyl (C=O) groups excluding carboxylic acids is 2. The molecule has 0 aliphatic carbocycles. The number of nitrogens with one attached hydrogen (secondary N) is 1. The number of halogens is 1. The maximum absolute atomic E-state index is 12.3. The van der Waals surface area contributed by atoms with Crippen LogP contribution in [0, 0.1) is 6.92 Å². The van der Waals surface area contributed by atoms with Gasteiger partial charge in [0, 0.05) is 10.7 Å².